The van der Waals surface area contributed by atoms with E-state index in [0.717, 1.165) is 4.90 Å². The quantitative estimate of drug-likeness (QED) is 0.356. The van der Waals surface area contributed by atoms with Gasteiger partial charge in [0.1, 0.15) is 0 Å². The van der Waals surface area contributed by atoms with Gasteiger partial charge >= 0.3 is 6.18 Å². The van der Waals surface area contributed by atoms with Gasteiger partial charge in [0.25, 0.3) is 0 Å². The molecule has 132 valence electrons. The molecule has 11 heteroatoms. The number of sulfone groups is 1. The first-order chi connectivity index (χ1) is 9.61. The zero-order valence-electron chi connectivity index (χ0n) is 12.5. The van der Waals surface area contributed by atoms with Gasteiger partial charge in [-0.25, -0.2) is 8.42 Å². The predicted octanol–water partition coefficient (Wildman–Crippen LogP) is 0.451. The summed E-state index contributed by atoms with van der Waals surface area (Å²) >= 11 is 0. The van der Waals surface area contributed by atoms with Gasteiger partial charge in [0.2, 0.25) is 0 Å². The Balaban J connectivity index is 0.00000441. The van der Waals surface area contributed by atoms with Crippen molar-refractivity contribution in [1.29, 1.82) is 0 Å². The Morgan fingerprint density at radius 1 is 1.41 bits per heavy atom. The van der Waals surface area contributed by atoms with Crippen LogP contribution in [0.3, 0.4) is 0 Å². The molecule has 6 nitrogen and oxygen atoms in total. The number of hydrogen-bond acceptors (Lipinski definition) is 4. The third-order valence-corrected chi connectivity index (χ3v) is 4.80. The second kappa shape index (κ2) is 9.11. The molecule has 1 aliphatic rings. The van der Waals surface area contributed by atoms with Gasteiger partial charge in [-0.3, -0.25) is 9.89 Å². The highest BCUT2D eigenvalue weighted by atomic mass is 127. The van der Waals surface area contributed by atoms with Gasteiger partial charge in [-0.1, -0.05) is 0 Å². The van der Waals surface area contributed by atoms with Gasteiger partial charge in [0.05, 0.1) is 18.1 Å². The highest BCUT2D eigenvalue weighted by molar-refractivity contribution is 14.0. The maximum absolute atomic E-state index is 12.1. The fraction of sp³-hybridized carbons (Fsp3) is 0.909. The van der Waals surface area contributed by atoms with Gasteiger partial charge < -0.3 is 10.6 Å². The molecule has 1 unspecified atom stereocenters. The van der Waals surface area contributed by atoms with Gasteiger partial charge in [0.15, 0.2) is 15.8 Å². The Kier molecular flexibility index (Phi) is 8.98. The average Bonchev–Trinajstić information content (AvgIpc) is 2.65. The minimum Gasteiger partial charge on any atom is -0.355 e. The molecule has 0 aromatic rings. The van der Waals surface area contributed by atoms with Crippen LogP contribution >= 0.6 is 24.0 Å². The highest BCUT2D eigenvalue weighted by Gasteiger charge is 2.29. The normalized spacial score (nSPS) is 21.5. The molecular weight excluding hydrogens is 436 g/mol. The minimum atomic E-state index is -4.22. The van der Waals surface area contributed by atoms with Crippen LogP contribution in [0, 0.1) is 0 Å². The summed E-state index contributed by atoms with van der Waals surface area (Å²) in [4.78, 5) is 5.08. The molecule has 2 N–H and O–H groups in total. The zero-order chi connectivity index (χ0) is 16.1. The maximum atomic E-state index is 12.1. The van der Waals surface area contributed by atoms with Crippen LogP contribution in [0.1, 0.15) is 6.42 Å². The molecule has 1 fully saturated rings. The van der Waals surface area contributed by atoms with E-state index < -0.39 is 22.6 Å². The molecule has 1 heterocycles. The fourth-order valence-electron chi connectivity index (χ4n) is 2.05. The van der Waals surface area contributed by atoms with E-state index in [9.17, 15) is 21.6 Å². The second-order valence-electron chi connectivity index (χ2n) is 5.10. The van der Waals surface area contributed by atoms with Crippen molar-refractivity contribution in [3.05, 3.63) is 0 Å². The molecule has 0 aliphatic carbocycles. The van der Waals surface area contributed by atoms with Crippen LogP contribution in [-0.4, -0.2) is 76.7 Å². The highest BCUT2D eigenvalue weighted by Crippen LogP contribution is 2.15. The maximum Gasteiger partial charge on any atom is 0.401 e. The monoisotopic (exact) mass is 458 g/mol. The molecule has 0 saturated carbocycles. The van der Waals surface area contributed by atoms with Crippen molar-refractivity contribution in [2.75, 3.05) is 45.2 Å². The summed E-state index contributed by atoms with van der Waals surface area (Å²) in [5.74, 6) is 0.606. The molecular formula is C11H22F3IN4O2S. The van der Waals surface area contributed by atoms with Crippen molar-refractivity contribution in [3.8, 4) is 0 Å². The van der Waals surface area contributed by atoms with Crippen LogP contribution in [0.25, 0.3) is 0 Å². The van der Waals surface area contributed by atoms with Crippen molar-refractivity contribution in [1.82, 2.24) is 15.5 Å². The number of guanidine groups is 1. The zero-order valence-corrected chi connectivity index (χ0v) is 15.6. The number of rotatable bonds is 5. The molecule has 0 aromatic heterocycles. The van der Waals surface area contributed by atoms with E-state index >= 15 is 0 Å². The first kappa shape index (κ1) is 21.7. The molecule has 22 heavy (non-hydrogen) atoms. The van der Waals surface area contributed by atoms with Crippen LogP contribution in [0.15, 0.2) is 4.99 Å². The minimum absolute atomic E-state index is 0. The first-order valence-electron chi connectivity index (χ1n) is 6.54. The topological polar surface area (TPSA) is 73.8 Å². The van der Waals surface area contributed by atoms with Gasteiger partial charge in [-0.2, -0.15) is 13.2 Å². The van der Waals surface area contributed by atoms with E-state index in [-0.39, 0.29) is 54.6 Å². The number of hydrogen-bond donors (Lipinski definition) is 2. The Hall–Kier alpha value is -0.300. The van der Waals surface area contributed by atoms with Crippen LogP contribution in [-0.2, 0) is 9.84 Å². The average molecular weight is 458 g/mol. The summed E-state index contributed by atoms with van der Waals surface area (Å²) in [6.45, 7) is -0.490. The molecule has 0 bridgehead atoms. The number of aliphatic imine (C=N–C) groups is 1. The lowest BCUT2D eigenvalue weighted by atomic mass is 10.3. The number of alkyl halides is 3. The van der Waals surface area contributed by atoms with E-state index in [1.54, 1.807) is 0 Å². The SMILES string of the molecule is CN=C(NCCN(C)CC(F)(F)F)NC1CCS(=O)(=O)C1.I. The van der Waals surface area contributed by atoms with Crippen LogP contribution < -0.4 is 10.6 Å². The van der Waals surface area contributed by atoms with Gasteiger partial charge in [-0.15, -0.1) is 24.0 Å². The third-order valence-electron chi connectivity index (χ3n) is 3.03. The number of likely N-dealkylation sites (N-methyl/N-ethyl adjacent to an activating group) is 1. The van der Waals surface area contributed by atoms with Crippen molar-refractivity contribution in [2.24, 2.45) is 4.99 Å². The van der Waals surface area contributed by atoms with Crippen LogP contribution in [0.4, 0.5) is 13.2 Å². The third kappa shape index (κ3) is 8.98. The number of halogens is 4. The lowest BCUT2D eigenvalue weighted by Gasteiger charge is -2.20. The summed E-state index contributed by atoms with van der Waals surface area (Å²) in [5.41, 5.74) is 0. The second-order valence-corrected chi connectivity index (χ2v) is 7.32. The lowest BCUT2D eigenvalue weighted by Crippen LogP contribution is -2.46. The Morgan fingerprint density at radius 3 is 2.50 bits per heavy atom. The smallest absolute Gasteiger partial charge is 0.355 e. The van der Waals surface area contributed by atoms with E-state index in [1.165, 1.54) is 14.1 Å². The van der Waals surface area contributed by atoms with Crippen molar-refractivity contribution in [2.45, 2.75) is 18.6 Å². The van der Waals surface area contributed by atoms with E-state index in [1.807, 2.05) is 0 Å². The first-order valence-corrected chi connectivity index (χ1v) is 8.36. The fourth-order valence-corrected chi connectivity index (χ4v) is 3.72. The summed E-state index contributed by atoms with van der Waals surface area (Å²) < 4.78 is 59.1. The van der Waals surface area contributed by atoms with Crippen LogP contribution in [0.5, 0.6) is 0 Å². The van der Waals surface area contributed by atoms with E-state index in [2.05, 4.69) is 15.6 Å². The van der Waals surface area contributed by atoms with Gasteiger partial charge in [0, 0.05) is 26.2 Å². The molecule has 0 radical (unpaired) electrons. The molecule has 1 saturated heterocycles. The van der Waals surface area contributed by atoms with E-state index in [4.69, 9.17) is 0 Å². The Labute approximate surface area is 145 Å². The van der Waals surface area contributed by atoms with Crippen molar-refractivity contribution >= 4 is 39.8 Å². The lowest BCUT2D eigenvalue weighted by molar-refractivity contribution is -0.142. The Bertz CT molecular complexity index is 470. The number of nitrogens with one attached hydrogen (secondary N) is 2. The standard InChI is InChI=1S/C11H21F3N4O2S.HI/c1-15-10(17-9-3-6-21(19,20)7-9)16-4-5-18(2)8-11(12,13)14;/h9H,3-8H2,1-2H3,(H2,15,16,17);1H. The predicted molar refractivity (Wildman–Crippen MR) is 90.5 cm³/mol. The molecule has 1 aliphatic heterocycles. The van der Waals surface area contributed by atoms with Crippen molar-refractivity contribution in [3.63, 3.8) is 0 Å². The molecule has 1 atom stereocenters. The van der Waals surface area contributed by atoms with Crippen molar-refractivity contribution < 1.29 is 21.6 Å². The molecule has 1 rings (SSSR count). The summed E-state index contributed by atoms with van der Waals surface area (Å²) in [6, 6.07) is -0.200. The van der Waals surface area contributed by atoms with Gasteiger partial charge in [-0.05, 0) is 13.5 Å². The molecule has 0 aromatic carbocycles. The Morgan fingerprint density at radius 2 is 2.05 bits per heavy atom. The largest absolute Gasteiger partial charge is 0.401 e. The summed E-state index contributed by atoms with van der Waals surface area (Å²) in [5, 5.41) is 5.84. The van der Waals surface area contributed by atoms with E-state index in [0.29, 0.717) is 12.4 Å². The van der Waals surface area contributed by atoms with Crippen LogP contribution in [0.2, 0.25) is 0 Å². The molecule has 0 amide bonds. The molecule has 0 spiro atoms. The summed E-state index contributed by atoms with van der Waals surface area (Å²) in [7, 11) is -0.0722. The number of nitrogens with zero attached hydrogens (tertiary/aromatic N) is 2. The summed E-state index contributed by atoms with van der Waals surface area (Å²) in [6.07, 6.45) is -3.70.